The smallest absolute Gasteiger partial charge is 0.258 e. The van der Waals surface area contributed by atoms with E-state index in [-0.39, 0.29) is 11.9 Å². The van der Waals surface area contributed by atoms with Gasteiger partial charge in [-0.1, -0.05) is 35.9 Å². The van der Waals surface area contributed by atoms with Crippen LogP contribution in [0.1, 0.15) is 15.9 Å². The fourth-order valence-corrected chi connectivity index (χ4v) is 2.50. The second-order valence-electron chi connectivity index (χ2n) is 4.84. The third-order valence-corrected chi connectivity index (χ3v) is 3.79. The topological polar surface area (TPSA) is 70.7 Å². The number of amides is 1. The maximum absolute atomic E-state index is 12.1. The number of H-pyrrole nitrogens is 1. The summed E-state index contributed by atoms with van der Waals surface area (Å²) in [6, 6.07) is 15.3. The zero-order valence-corrected chi connectivity index (χ0v) is 14.0. The van der Waals surface area contributed by atoms with Gasteiger partial charge in [-0.2, -0.15) is 4.98 Å². The van der Waals surface area contributed by atoms with Gasteiger partial charge in [-0.05, 0) is 47.7 Å². The summed E-state index contributed by atoms with van der Waals surface area (Å²) < 4.78 is 1.00. The molecule has 0 bridgehead atoms. The summed E-state index contributed by atoms with van der Waals surface area (Å²) in [6.45, 7) is 2.02. The Kier molecular flexibility index (Phi) is 4.19. The first-order chi connectivity index (χ1) is 10.6. The highest BCUT2D eigenvalue weighted by atomic mass is 127. The molecule has 0 radical (unpaired) electrons. The van der Waals surface area contributed by atoms with Crippen molar-refractivity contribution in [2.45, 2.75) is 6.92 Å². The molecular weight excluding hydrogens is 391 g/mol. The standard InChI is InChI=1S/C16H13IN4O/c1-10-5-7-11(8-6-10)14-18-16(21-20-14)19-15(22)12-3-2-4-13(17)9-12/h2-9H,1H3,(H2,18,19,20,21,22). The van der Waals surface area contributed by atoms with Crippen LogP contribution in [0.5, 0.6) is 0 Å². The van der Waals surface area contributed by atoms with Crippen molar-refractivity contribution in [1.82, 2.24) is 15.2 Å². The van der Waals surface area contributed by atoms with Gasteiger partial charge in [-0.3, -0.25) is 15.2 Å². The average Bonchev–Trinajstić information content (AvgIpc) is 2.96. The second kappa shape index (κ2) is 6.27. The van der Waals surface area contributed by atoms with Crippen molar-refractivity contribution < 1.29 is 4.79 Å². The van der Waals surface area contributed by atoms with Crippen LogP contribution in [-0.2, 0) is 0 Å². The van der Waals surface area contributed by atoms with Gasteiger partial charge in [0.25, 0.3) is 5.91 Å². The van der Waals surface area contributed by atoms with Crippen molar-refractivity contribution in [2.75, 3.05) is 5.32 Å². The zero-order valence-electron chi connectivity index (χ0n) is 11.8. The zero-order chi connectivity index (χ0) is 15.5. The Morgan fingerprint density at radius 1 is 1.18 bits per heavy atom. The normalized spacial score (nSPS) is 10.5. The summed E-state index contributed by atoms with van der Waals surface area (Å²) in [5.74, 6) is 0.658. The first-order valence-electron chi connectivity index (χ1n) is 6.68. The predicted octanol–water partition coefficient (Wildman–Crippen LogP) is 3.64. The Hall–Kier alpha value is -2.22. The molecule has 0 unspecified atom stereocenters. The molecule has 22 heavy (non-hydrogen) atoms. The van der Waals surface area contributed by atoms with Crippen LogP contribution in [0.3, 0.4) is 0 Å². The van der Waals surface area contributed by atoms with Gasteiger partial charge < -0.3 is 0 Å². The van der Waals surface area contributed by atoms with Crippen molar-refractivity contribution in [2.24, 2.45) is 0 Å². The molecule has 0 aliphatic rings. The molecule has 3 aromatic rings. The molecule has 2 N–H and O–H groups in total. The fourth-order valence-electron chi connectivity index (χ4n) is 1.96. The maximum Gasteiger partial charge on any atom is 0.258 e. The van der Waals surface area contributed by atoms with Crippen LogP contribution >= 0.6 is 22.6 Å². The molecule has 6 heteroatoms. The van der Waals surface area contributed by atoms with Gasteiger partial charge in [0.1, 0.15) is 0 Å². The van der Waals surface area contributed by atoms with Crippen LogP contribution in [-0.4, -0.2) is 21.1 Å². The number of carbonyl (C=O) groups is 1. The molecular formula is C16H13IN4O. The molecule has 1 aromatic heterocycles. The van der Waals surface area contributed by atoms with Crippen LogP contribution in [0.2, 0.25) is 0 Å². The molecule has 110 valence electrons. The number of aryl methyl sites for hydroxylation is 1. The van der Waals surface area contributed by atoms with E-state index in [2.05, 4.69) is 43.1 Å². The molecule has 0 atom stereocenters. The lowest BCUT2D eigenvalue weighted by atomic mass is 10.1. The Morgan fingerprint density at radius 3 is 2.68 bits per heavy atom. The summed E-state index contributed by atoms with van der Waals surface area (Å²) >= 11 is 2.17. The minimum atomic E-state index is -0.229. The van der Waals surface area contributed by atoms with E-state index in [0.29, 0.717) is 11.4 Å². The highest BCUT2D eigenvalue weighted by molar-refractivity contribution is 14.1. The summed E-state index contributed by atoms with van der Waals surface area (Å²) in [5, 5.41) is 9.56. The Balaban J connectivity index is 1.77. The Labute approximate surface area is 141 Å². The number of carbonyl (C=O) groups excluding carboxylic acids is 1. The van der Waals surface area contributed by atoms with E-state index in [9.17, 15) is 4.79 Å². The highest BCUT2D eigenvalue weighted by Gasteiger charge is 2.11. The summed E-state index contributed by atoms with van der Waals surface area (Å²) in [5.41, 5.74) is 2.68. The van der Waals surface area contributed by atoms with Gasteiger partial charge in [-0.15, -0.1) is 5.10 Å². The van der Waals surface area contributed by atoms with Crippen molar-refractivity contribution in [3.63, 3.8) is 0 Å². The molecule has 1 amide bonds. The third-order valence-electron chi connectivity index (χ3n) is 3.12. The molecule has 0 aliphatic heterocycles. The molecule has 0 saturated carbocycles. The highest BCUT2D eigenvalue weighted by Crippen LogP contribution is 2.17. The van der Waals surface area contributed by atoms with E-state index >= 15 is 0 Å². The number of aromatic nitrogens is 3. The summed E-state index contributed by atoms with van der Waals surface area (Å²) in [7, 11) is 0. The molecule has 0 spiro atoms. The number of nitrogens with one attached hydrogen (secondary N) is 2. The second-order valence-corrected chi connectivity index (χ2v) is 6.08. The van der Waals surface area contributed by atoms with Gasteiger partial charge >= 0.3 is 0 Å². The first-order valence-corrected chi connectivity index (χ1v) is 7.76. The third kappa shape index (κ3) is 3.33. The summed E-state index contributed by atoms with van der Waals surface area (Å²) in [4.78, 5) is 16.4. The number of benzene rings is 2. The number of anilines is 1. The minimum absolute atomic E-state index is 0.229. The van der Waals surface area contributed by atoms with E-state index in [0.717, 1.165) is 9.13 Å². The predicted molar refractivity (Wildman–Crippen MR) is 93.7 cm³/mol. The monoisotopic (exact) mass is 404 g/mol. The van der Waals surface area contributed by atoms with Crippen LogP contribution in [0, 0.1) is 10.5 Å². The number of rotatable bonds is 3. The number of hydrogen-bond donors (Lipinski definition) is 2. The van der Waals surface area contributed by atoms with Crippen LogP contribution < -0.4 is 5.32 Å². The van der Waals surface area contributed by atoms with Gasteiger partial charge in [0.05, 0.1) is 0 Å². The number of hydrogen-bond acceptors (Lipinski definition) is 3. The molecule has 5 nitrogen and oxygen atoms in total. The molecule has 2 aromatic carbocycles. The number of halogens is 1. The number of aromatic amines is 1. The lowest BCUT2D eigenvalue weighted by Crippen LogP contribution is -2.13. The van der Waals surface area contributed by atoms with Gasteiger partial charge in [0.15, 0.2) is 5.82 Å². The van der Waals surface area contributed by atoms with Crippen molar-refractivity contribution in [1.29, 1.82) is 0 Å². The first kappa shape index (κ1) is 14.7. The van der Waals surface area contributed by atoms with Crippen molar-refractivity contribution in [3.05, 3.63) is 63.2 Å². The van der Waals surface area contributed by atoms with Crippen molar-refractivity contribution >= 4 is 34.4 Å². The fraction of sp³-hybridized carbons (Fsp3) is 0.0625. The van der Waals surface area contributed by atoms with Crippen LogP contribution in [0.4, 0.5) is 5.95 Å². The van der Waals surface area contributed by atoms with Gasteiger partial charge in [0, 0.05) is 14.7 Å². The van der Waals surface area contributed by atoms with Gasteiger partial charge in [-0.25, -0.2) is 0 Å². The Bertz CT molecular complexity index is 811. The lowest BCUT2D eigenvalue weighted by Gasteiger charge is -2.01. The molecule has 3 rings (SSSR count). The van der Waals surface area contributed by atoms with E-state index in [1.807, 2.05) is 49.4 Å². The van der Waals surface area contributed by atoms with E-state index < -0.39 is 0 Å². The van der Waals surface area contributed by atoms with E-state index in [1.165, 1.54) is 5.56 Å². The summed E-state index contributed by atoms with van der Waals surface area (Å²) in [6.07, 6.45) is 0. The van der Waals surface area contributed by atoms with E-state index in [4.69, 9.17) is 0 Å². The number of nitrogens with zero attached hydrogens (tertiary/aromatic N) is 2. The van der Waals surface area contributed by atoms with Crippen LogP contribution in [0.25, 0.3) is 11.4 Å². The molecule has 0 aliphatic carbocycles. The van der Waals surface area contributed by atoms with Gasteiger partial charge in [0.2, 0.25) is 5.95 Å². The maximum atomic E-state index is 12.1. The van der Waals surface area contributed by atoms with Crippen LogP contribution in [0.15, 0.2) is 48.5 Å². The minimum Gasteiger partial charge on any atom is -0.289 e. The molecule has 1 heterocycles. The van der Waals surface area contributed by atoms with Crippen molar-refractivity contribution in [3.8, 4) is 11.4 Å². The molecule has 0 fully saturated rings. The Morgan fingerprint density at radius 2 is 1.95 bits per heavy atom. The average molecular weight is 404 g/mol. The largest absolute Gasteiger partial charge is 0.289 e. The SMILES string of the molecule is Cc1ccc(-c2nc(NC(=O)c3cccc(I)c3)n[nH]2)cc1. The quantitative estimate of drug-likeness (QED) is 0.655. The molecule has 0 saturated heterocycles. The van der Waals surface area contributed by atoms with E-state index in [1.54, 1.807) is 6.07 Å². The lowest BCUT2D eigenvalue weighted by molar-refractivity contribution is 0.102.